The second-order valence-corrected chi connectivity index (χ2v) is 5.09. The Kier molecular flexibility index (Phi) is 3.22. The first kappa shape index (κ1) is 13.5. The number of hydrogen-bond acceptors (Lipinski definition) is 1. The number of rotatable bonds is 2. The minimum Gasteiger partial charge on any atom is -0.359 e. The van der Waals surface area contributed by atoms with E-state index in [1.165, 1.54) is 12.1 Å². The summed E-state index contributed by atoms with van der Waals surface area (Å²) in [6.45, 7) is 0. The van der Waals surface area contributed by atoms with Crippen LogP contribution in [0.3, 0.4) is 0 Å². The fraction of sp³-hybridized carbons (Fsp3) is 0.200. The van der Waals surface area contributed by atoms with Crippen LogP contribution in [0.15, 0.2) is 48.5 Å². The number of alkyl halides is 3. The fourth-order valence-electron chi connectivity index (χ4n) is 2.13. The minimum atomic E-state index is -4.31. The van der Waals surface area contributed by atoms with Gasteiger partial charge in [0.2, 0.25) is 0 Å². The zero-order chi connectivity index (χ0) is 14.3. The molecule has 1 heterocycles. The Morgan fingerprint density at radius 2 is 1.25 bits per heavy atom. The molecule has 0 aliphatic carbocycles. The van der Waals surface area contributed by atoms with E-state index >= 15 is 0 Å². The van der Waals surface area contributed by atoms with Gasteiger partial charge in [0.05, 0.1) is 5.56 Å². The SMILES string of the molecule is FC(F)(F)c1ccc([C@H]2O[C@H]2c2ccc(Cl)cc2)cc1. The standard InChI is InChI=1S/C15H10ClF3O/c16-12-7-3-10(4-8-12)14-13(20-14)9-1-5-11(6-2-9)15(17,18)19/h1-8,13-14H/t13-,14+/m1/s1. The summed E-state index contributed by atoms with van der Waals surface area (Å²) in [4.78, 5) is 0. The normalized spacial score (nSPS) is 21.8. The van der Waals surface area contributed by atoms with Gasteiger partial charge in [-0.05, 0) is 35.4 Å². The molecule has 0 aromatic heterocycles. The van der Waals surface area contributed by atoms with Crippen LogP contribution >= 0.6 is 11.6 Å². The van der Waals surface area contributed by atoms with Crippen molar-refractivity contribution in [2.24, 2.45) is 0 Å². The molecule has 1 aliphatic rings. The number of ether oxygens (including phenoxy) is 1. The summed E-state index contributed by atoms with van der Waals surface area (Å²) in [7, 11) is 0. The van der Waals surface area contributed by atoms with Crippen molar-refractivity contribution < 1.29 is 17.9 Å². The van der Waals surface area contributed by atoms with E-state index in [-0.39, 0.29) is 12.2 Å². The lowest BCUT2D eigenvalue weighted by Gasteiger charge is -2.06. The summed E-state index contributed by atoms with van der Waals surface area (Å²) >= 11 is 5.80. The van der Waals surface area contributed by atoms with Crippen molar-refractivity contribution in [2.75, 3.05) is 0 Å². The highest BCUT2D eigenvalue weighted by Gasteiger charge is 2.41. The summed E-state index contributed by atoms with van der Waals surface area (Å²) in [5.41, 5.74) is 1.07. The minimum absolute atomic E-state index is 0.107. The summed E-state index contributed by atoms with van der Waals surface area (Å²) in [5, 5.41) is 0.639. The molecule has 5 heteroatoms. The highest BCUT2D eigenvalue weighted by Crippen LogP contribution is 2.51. The quantitative estimate of drug-likeness (QED) is 0.697. The lowest BCUT2D eigenvalue weighted by molar-refractivity contribution is -0.137. The van der Waals surface area contributed by atoms with Gasteiger partial charge in [0.1, 0.15) is 12.2 Å². The maximum absolute atomic E-state index is 12.5. The van der Waals surface area contributed by atoms with E-state index in [2.05, 4.69) is 0 Å². The third kappa shape index (κ3) is 2.67. The molecule has 2 atom stereocenters. The highest BCUT2D eigenvalue weighted by molar-refractivity contribution is 6.30. The summed E-state index contributed by atoms with van der Waals surface area (Å²) in [6, 6.07) is 12.3. The van der Waals surface area contributed by atoms with Crippen molar-refractivity contribution in [3.63, 3.8) is 0 Å². The molecule has 0 amide bonds. The average Bonchev–Trinajstić information content (AvgIpc) is 3.19. The molecule has 1 fully saturated rings. The van der Waals surface area contributed by atoms with Crippen molar-refractivity contribution in [1.82, 2.24) is 0 Å². The van der Waals surface area contributed by atoms with Crippen molar-refractivity contribution >= 4 is 11.6 Å². The van der Waals surface area contributed by atoms with E-state index in [1.54, 1.807) is 12.1 Å². The van der Waals surface area contributed by atoms with Crippen LogP contribution < -0.4 is 0 Å². The number of benzene rings is 2. The second kappa shape index (κ2) is 4.79. The topological polar surface area (TPSA) is 12.5 Å². The molecule has 0 N–H and O–H groups in total. The van der Waals surface area contributed by atoms with E-state index in [1.807, 2.05) is 12.1 Å². The first-order valence-corrected chi connectivity index (χ1v) is 6.41. The van der Waals surface area contributed by atoms with Crippen LogP contribution in [-0.2, 0) is 10.9 Å². The summed E-state index contributed by atoms with van der Waals surface area (Å²) in [5.74, 6) is 0. The van der Waals surface area contributed by atoms with E-state index in [9.17, 15) is 13.2 Å². The molecule has 1 aliphatic heterocycles. The van der Waals surface area contributed by atoms with Gasteiger partial charge in [0.25, 0.3) is 0 Å². The molecule has 1 saturated heterocycles. The largest absolute Gasteiger partial charge is 0.416 e. The molecule has 0 bridgehead atoms. The van der Waals surface area contributed by atoms with E-state index in [0.29, 0.717) is 5.02 Å². The van der Waals surface area contributed by atoms with Crippen LogP contribution in [0, 0.1) is 0 Å². The molecule has 0 radical (unpaired) electrons. The van der Waals surface area contributed by atoms with Gasteiger partial charge in [0, 0.05) is 5.02 Å². The fourth-order valence-corrected chi connectivity index (χ4v) is 2.26. The molecule has 0 spiro atoms. The van der Waals surface area contributed by atoms with Crippen LogP contribution in [-0.4, -0.2) is 0 Å². The monoisotopic (exact) mass is 298 g/mol. The molecule has 3 rings (SSSR count). The number of halogens is 4. The number of hydrogen-bond donors (Lipinski definition) is 0. The van der Waals surface area contributed by atoms with Gasteiger partial charge in [-0.3, -0.25) is 0 Å². The van der Waals surface area contributed by atoms with Gasteiger partial charge in [-0.25, -0.2) is 0 Å². The molecular weight excluding hydrogens is 289 g/mol. The number of epoxide rings is 1. The van der Waals surface area contributed by atoms with Crippen molar-refractivity contribution in [2.45, 2.75) is 18.4 Å². The Bertz CT molecular complexity index is 605. The van der Waals surface area contributed by atoms with Crippen LogP contribution in [0.5, 0.6) is 0 Å². The Morgan fingerprint density at radius 1 is 0.800 bits per heavy atom. The zero-order valence-corrected chi connectivity index (χ0v) is 10.9. The highest BCUT2D eigenvalue weighted by atomic mass is 35.5. The lowest BCUT2D eigenvalue weighted by Crippen LogP contribution is -2.04. The molecule has 1 nitrogen and oxygen atoms in total. The van der Waals surface area contributed by atoms with Gasteiger partial charge < -0.3 is 4.74 Å². The predicted octanol–water partition coefficient (Wildman–Crippen LogP) is 5.17. The van der Waals surface area contributed by atoms with Gasteiger partial charge in [-0.15, -0.1) is 0 Å². The van der Waals surface area contributed by atoms with Crippen LogP contribution in [0.25, 0.3) is 0 Å². The van der Waals surface area contributed by atoms with Crippen LogP contribution in [0.1, 0.15) is 28.9 Å². The van der Waals surface area contributed by atoms with E-state index in [0.717, 1.165) is 23.3 Å². The molecule has 0 unspecified atom stereocenters. The van der Waals surface area contributed by atoms with Gasteiger partial charge in [-0.1, -0.05) is 35.9 Å². The third-order valence-electron chi connectivity index (χ3n) is 3.26. The van der Waals surface area contributed by atoms with Crippen molar-refractivity contribution in [3.8, 4) is 0 Å². The summed E-state index contributed by atoms with van der Waals surface area (Å²) < 4.78 is 42.9. The van der Waals surface area contributed by atoms with E-state index in [4.69, 9.17) is 16.3 Å². The smallest absolute Gasteiger partial charge is 0.359 e. The molecule has 2 aromatic rings. The average molecular weight is 299 g/mol. The Hall–Kier alpha value is -1.52. The predicted molar refractivity (Wildman–Crippen MR) is 69.5 cm³/mol. The zero-order valence-electron chi connectivity index (χ0n) is 10.2. The van der Waals surface area contributed by atoms with Gasteiger partial charge in [0.15, 0.2) is 0 Å². The Labute approximate surface area is 118 Å². The second-order valence-electron chi connectivity index (χ2n) is 4.65. The molecule has 2 aromatic carbocycles. The van der Waals surface area contributed by atoms with Gasteiger partial charge >= 0.3 is 6.18 Å². The van der Waals surface area contributed by atoms with Crippen LogP contribution in [0.4, 0.5) is 13.2 Å². The molecule has 0 saturated carbocycles. The first-order valence-electron chi connectivity index (χ1n) is 6.03. The molecular formula is C15H10ClF3O. The maximum atomic E-state index is 12.5. The first-order chi connectivity index (χ1) is 9.45. The molecule has 20 heavy (non-hydrogen) atoms. The van der Waals surface area contributed by atoms with Crippen molar-refractivity contribution in [3.05, 3.63) is 70.2 Å². The van der Waals surface area contributed by atoms with Crippen molar-refractivity contribution in [1.29, 1.82) is 0 Å². The Morgan fingerprint density at radius 3 is 1.70 bits per heavy atom. The maximum Gasteiger partial charge on any atom is 0.416 e. The van der Waals surface area contributed by atoms with Gasteiger partial charge in [-0.2, -0.15) is 13.2 Å². The summed E-state index contributed by atoms with van der Waals surface area (Å²) in [6.07, 6.45) is -4.60. The Balaban J connectivity index is 1.74. The lowest BCUT2D eigenvalue weighted by atomic mass is 10.0. The van der Waals surface area contributed by atoms with Crippen LogP contribution in [0.2, 0.25) is 5.02 Å². The van der Waals surface area contributed by atoms with E-state index < -0.39 is 11.7 Å². The third-order valence-corrected chi connectivity index (χ3v) is 3.51. The molecule has 104 valence electrons.